The second kappa shape index (κ2) is 8.50. The van der Waals surface area contributed by atoms with E-state index in [9.17, 15) is 4.79 Å². The van der Waals surface area contributed by atoms with Crippen LogP contribution in [0.2, 0.25) is 6.55 Å². The summed E-state index contributed by atoms with van der Waals surface area (Å²) in [4.78, 5) is 11.4. The molecule has 0 aromatic carbocycles. The third kappa shape index (κ3) is 7.50. The van der Waals surface area contributed by atoms with E-state index in [1.807, 2.05) is 27.7 Å². The Kier molecular flexibility index (Phi) is 8.21. The second-order valence-corrected chi connectivity index (χ2v) is 7.05. The van der Waals surface area contributed by atoms with Gasteiger partial charge < -0.3 is 14.2 Å². The highest BCUT2D eigenvalue weighted by Gasteiger charge is 2.32. The molecule has 0 aromatic rings. The van der Waals surface area contributed by atoms with Crippen LogP contribution in [0.5, 0.6) is 0 Å². The molecule has 0 saturated heterocycles. The monoisotopic (exact) mass is 288 g/mol. The summed E-state index contributed by atoms with van der Waals surface area (Å²) in [7, 11) is -0.587. The topological polar surface area (TPSA) is 44.8 Å². The summed E-state index contributed by atoms with van der Waals surface area (Å²) in [6.45, 7) is 15.6. The van der Waals surface area contributed by atoms with Crippen LogP contribution >= 0.6 is 0 Å². The predicted molar refractivity (Wildman–Crippen MR) is 80.0 cm³/mol. The highest BCUT2D eigenvalue weighted by Crippen LogP contribution is 2.21. The lowest BCUT2D eigenvalue weighted by atomic mass is 10.3. The predicted octanol–water partition coefficient (Wildman–Crippen LogP) is 2.22. The smallest absolute Gasteiger partial charge is 0.333 e. The van der Waals surface area contributed by atoms with Crippen LogP contribution in [0.4, 0.5) is 0 Å². The molecule has 0 bridgehead atoms. The molecule has 19 heavy (non-hydrogen) atoms. The zero-order valence-corrected chi connectivity index (χ0v) is 14.5. The maximum absolute atomic E-state index is 11.4. The van der Waals surface area contributed by atoms with Crippen LogP contribution in [-0.4, -0.2) is 39.7 Å². The minimum absolute atomic E-state index is 0.0861. The summed E-state index contributed by atoms with van der Waals surface area (Å²) < 4.78 is 17.1. The van der Waals surface area contributed by atoms with Gasteiger partial charge in [0.25, 0.3) is 0 Å². The van der Waals surface area contributed by atoms with Crippen LogP contribution in [0, 0.1) is 0 Å². The van der Waals surface area contributed by atoms with E-state index in [2.05, 4.69) is 13.1 Å². The summed E-state index contributed by atoms with van der Waals surface area (Å²) in [6.07, 6.45) is 0.747. The minimum atomic E-state index is -0.587. The fraction of sp³-hybridized carbons (Fsp3) is 0.786. The van der Waals surface area contributed by atoms with Gasteiger partial charge in [0.2, 0.25) is 0 Å². The van der Waals surface area contributed by atoms with Gasteiger partial charge in [0.15, 0.2) is 0 Å². The number of rotatable bonds is 9. The molecule has 0 atom stereocenters. The van der Waals surface area contributed by atoms with Gasteiger partial charge in [0.05, 0.1) is 28.3 Å². The van der Waals surface area contributed by atoms with Crippen LogP contribution in [0.3, 0.4) is 0 Å². The highest BCUT2D eigenvalue weighted by atomic mass is 28.2. The molecular formula is C14H28O4Si. The van der Waals surface area contributed by atoms with Gasteiger partial charge in [-0.15, -0.1) is 0 Å². The van der Waals surface area contributed by atoms with Gasteiger partial charge in [-0.1, -0.05) is 13.1 Å². The SMILES string of the molecule is C=C(C)C(=O)OCCC(OC(C)C)(OC(C)C)[SiH2]C. The van der Waals surface area contributed by atoms with E-state index in [1.165, 1.54) is 0 Å². The molecule has 0 fully saturated rings. The first-order valence-electron chi connectivity index (χ1n) is 6.90. The standard InChI is InChI=1S/C14H28O4Si/c1-10(2)13(15)16-9-8-14(19-7,17-11(3)4)18-12(5)6/h11-12H,1,8-9,19H2,2-7H3. The van der Waals surface area contributed by atoms with Gasteiger partial charge in [-0.25, -0.2) is 4.79 Å². The van der Waals surface area contributed by atoms with E-state index in [4.69, 9.17) is 14.2 Å². The van der Waals surface area contributed by atoms with E-state index < -0.39 is 14.9 Å². The van der Waals surface area contributed by atoms with Gasteiger partial charge in [0, 0.05) is 12.0 Å². The van der Waals surface area contributed by atoms with Gasteiger partial charge >= 0.3 is 5.97 Å². The van der Waals surface area contributed by atoms with Crippen molar-refractivity contribution in [3.8, 4) is 0 Å². The maximum atomic E-state index is 11.4. The van der Waals surface area contributed by atoms with Crippen molar-refractivity contribution in [3.63, 3.8) is 0 Å². The first kappa shape index (κ1) is 18.3. The number of esters is 1. The molecule has 0 saturated carbocycles. The van der Waals surface area contributed by atoms with Gasteiger partial charge in [-0.3, -0.25) is 0 Å². The molecule has 4 nitrogen and oxygen atoms in total. The van der Waals surface area contributed by atoms with Gasteiger partial charge in [-0.2, -0.15) is 0 Å². The molecule has 0 heterocycles. The summed E-state index contributed by atoms with van der Waals surface area (Å²) in [5, 5.41) is 0. The number of carbonyl (C=O) groups is 1. The molecule has 0 aliphatic heterocycles. The third-order valence-corrected chi connectivity index (χ3v) is 4.27. The quantitative estimate of drug-likeness (QED) is 0.282. The molecule has 5 heteroatoms. The van der Waals surface area contributed by atoms with Crippen molar-refractivity contribution in [2.45, 2.75) is 65.2 Å². The summed E-state index contributed by atoms with van der Waals surface area (Å²) in [5.74, 6) is -0.360. The number of carbonyl (C=O) groups excluding carboxylic acids is 1. The van der Waals surface area contributed by atoms with Crippen molar-refractivity contribution in [2.75, 3.05) is 6.61 Å². The van der Waals surface area contributed by atoms with Crippen LogP contribution in [-0.2, 0) is 19.0 Å². The molecule has 0 aliphatic rings. The maximum Gasteiger partial charge on any atom is 0.333 e. The van der Waals surface area contributed by atoms with Crippen LogP contribution in [0.1, 0.15) is 41.0 Å². The molecule has 0 amide bonds. The first-order valence-corrected chi connectivity index (χ1v) is 9.03. The number of hydrogen-bond acceptors (Lipinski definition) is 4. The number of hydrogen-bond donors (Lipinski definition) is 0. The van der Waals surface area contributed by atoms with Crippen LogP contribution in [0.15, 0.2) is 12.2 Å². The minimum Gasteiger partial charge on any atom is -0.462 e. The fourth-order valence-electron chi connectivity index (χ4n) is 1.77. The Bertz CT molecular complexity index is 290. The molecule has 0 unspecified atom stereocenters. The van der Waals surface area contributed by atoms with E-state index in [0.717, 1.165) is 0 Å². The molecule has 112 valence electrons. The lowest BCUT2D eigenvalue weighted by molar-refractivity contribution is -0.223. The molecule has 0 spiro atoms. The Morgan fingerprint density at radius 3 is 2.00 bits per heavy atom. The average molecular weight is 288 g/mol. The Labute approximate surface area is 119 Å². The Balaban J connectivity index is 4.56. The Morgan fingerprint density at radius 1 is 1.21 bits per heavy atom. The van der Waals surface area contributed by atoms with E-state index in [-0.39, 0.29) is 18.2 Å². The van der Waals surface area contributed by atoms with E-state index in [1.54, 1.807) is 6.92 Å². The highest BCUT2D eigenvalue weighted by molar-refractivity contribution is 6.37. The van der Waals surface area contributed by atoms with Crippen LogP contribution < -0.4 is 0 Å². The lowest BCUT2D eigenvalue weighted by Crippen LogP contribution is -2.46. The largest absolute Gasteiger partial charge is 0.462 e. The van der Waals surface area contributed by atoms with E-state index in [0.29, 0.717) is 18.6 Å². The van der Waals surface area contributed by atoms with Crippen LogP contribution in [0.25, 0.3) is 0 Å². The Hall–Kier alpha value is -0.653. The molecule has 0 aromatic heterocycles. The summed E-state index contributed by atoms with van der Waals surface area (Å²) in [5.41, 5.74) is -0.147. The Morgan fingerprint density at radius 2 is 1.68 bits per heavy atom. The van der Waals surface area contributed by atoms with E-state index >= 15 is 0 Å². The molecule has 0 radical (unpaired) electrons. The lowest BCUT2D eigenvalue weighted by Gasteiger charge is -2.36. The molecule has 0 rings (SSSR count). The molecule has 0 N–H and O–H groups in total. The second-order valence-electron chi connectivity index (χ2n) is 5.26. The van der Waals surface area contributed by atoms with Crippen molar-refractivity contribution in [1.29, 1.82) is 0 Å². The first-order chi connectivity index (χ1) is 8.72. The normalized spacial score (nSPS) is 12.6. The van der Waals surface area contributed by atoms with Crippen molar-refractivity contribution in [1.82, 2.24) is 0 Å². The molecular weight excluding hydrogens is 260 g/mol. The molecule has 0 aliphatic carbocycles. The van der Waals surface area contributed by atoms with Crippen molar-refractivity contribution in [3.05, 3.63) is 12.2 Å². The van der Waals surface area contributed by atoms with Crippen molar-refractivity contribution >= 4 is 15.5 Å². The fourth-order valence-corrected chi connectivity index (χ4v) is 3.27. The summed E-state index contributed by atoms with van der Waals surface area (Å²) >= 11 is 0. The van der Waals surface area contributed by atoms with Crippen molar-refractivity contribution in [2.24, 2.45) is 0 Å². The van der Waals surface area contributed by atoms with Gasteiger partial charge in [0.1, 0.15) is 5.41 Å². The third-order valence-electron chi connectivity index (χ3n) is 2.50. The number of ether oxygens (including phenoxy) is 3. The van der Waals surface area contributed by atoms with Gasteiger partial charge in [-0.05, 0) is 34.6 Å². The summed E-state index contributed by atoms with van der Waals surface area (Å²) in [6, 6.07) is 0. The average Bonchev–Trinajstić information content (AvgIpc) is 2.26. The van der Waals surface area contributed by atoms with Crippen molar-refractivity contribution < 1.29 is 19.0 Å². The zero-order chi connectivity index (χ0) is 15.1. The zero-order valence-electron chi connectivity index (χ0n) is 13.1.